The molecule has 3 heterocycles. The first-order valence-electron chi connectivity index (χ1n) is 9.52. The molecule has 0 spiro atoms. The Hall–Kier alpha value is -3.38. The molecule has 0 aliphatic carbocycles. The van der Waals surface area contributed by atoms with Gasteiger partial charge in [0, 0.05) is 34.9 Å². The number of nitrogens with one attached hydrogen (secondary N) is 2. The van der Waals surface area contributed by atoms with Gasteiger partial charge in [-0.05, 0) is 41.6 Å². The first-order valence-corrected chi connectivity index (χ1v) is 10.4. The highest BCUT2D eigenvalue weighted by Gasteiger charge is 2.21. The van der Waals surface area contributed by atoms with Gasteiger partial charge in [-0.1, -0.05) is 30.3 Å². The van der Waals surface area contributed by atoms with Crippen molar-refractivity contribution in [2.45, 2.75) is 13.0 Å². The third-order valence-corrected chi connectivity index (χ3v) is 6.38. The van der Waals surface area contributed by atoms with Gasteiger partial charge in [0.05, 0.1) is 16.9 Å². The summed E-state index contributed by atoms with van der Waals surface area (Å²) in [5.74, 6) is -0.238. The monoisotopic (exact) mass is 401 g/mol. The molecule has 0 saturated heterocycles. The van der Waals surface area contributed by atoms with Crippen LogP contribution in [0.25, 0.3) is 10.8 Å². The number of hydrogen-bond acceptors (Lipinski definition) is 4. The zero-order valence-electron chi connectivity index (χ0n) is 15.6. The van der Waals surface area contributed by atoms with Crippen LogP contribution in [0.4, 0.5) is 11.4 Å². The van der Waals surface area contributed by atoms with Gasteiger partial charge in [-0.3, -0.25) is 9.59 Å². The number of H-pyrrole nitrogens is 1. The second-order valence-electron chi connectivity index (χ2n) is 7.09. The molecule has 0 bridgehead atoms. The number of aromatic amines is 1. The lowest BCUT2D eigenvalue weighted by atomic mass is 10.1. The van der Waals surface area contributed by atoms with Crippen LogP contribution in [0.15, 0.2) is 71.0 Å². The zero-order valence-corrected chi connectivity index (χ0v) is 16.5. The Morgan fingerprint density at radius 2 is 1.83 bits per heavy atom. The predicted octanol–water partition coefficient (Wildman–Crippen LogP) is 4.40. The molecule has 0 saturated carbocycles. The summed E-state index contributed by atoms with van der Waals surface area (Å²) in [7, 11) is 0. The van der Waals surface area contributed by atoms with Gasteiger partial charge >= 0.3 is 0 Å². The minimum Gasteiger partial charge on any atom is -0.365 e. The number of hydrogen-bond donors (Lipinski definition) is 2. The van der Waals surface area contributed by atoms with Gasteiger partial charge in [0.15, 0.2) is 0 Å². The number of amides is 1. The average molecular weight is 401 g/mol. The maximum absolute atomic E-state index is 13.1. The van der Waals surface area contributed by atoms with Crippen LogP contribution >= 0.6 is 11.3 Å². The Morgan fingerprint density at radius 3 is 2.72 bits per heavy atom. The Balaban J connectivity index is 1.47. The van der Waals surface area contributed by atoms with Crippen LogP contribution in [0.5, 0.6) is 0 Å². The van der Waals surface area contributed by atoms with Crippen LogP contribution < -0.4 is 15.8 Å². The molecule has 144 valence electrons. The Bertz CT molecular complexity index is 1270. The van der Waals surface area contributed by atoms with Gasteiger partial charge in [0.25, 0.3) is 11.5 Å². The number of anilines is 2. The molecule has 0 atom stereocenters. The van der Waals surface area contributed by atoms with Crippen LogP contribution in [-0.2, 0) is 13.0 Å². The lowest BCUT2D eigenvalue weighted by molar-refractivity contribution is 0.102. The van der Waals surface area contributed by atoms with Gasteiger partial charge in [-0.15, -0.1) is 11.3 Å². The van der Waals surface area contributed by atoms with Gasteiger partial charge in [0.2, 0.25) is 0 Å². The lowest BCUT2D eigenvalue weighted by Crippen LogP contribution is -2.30. The number of carbonyl (C=O) groups excluding carboxylic acids is 1. The van der Waals surface area contributed by atoms with E-state index < -0.39 is 0 Å². The third-order valence-electron chi connectivity index (χ3n) is 5.35. The molecule has 2 aromatic carbocycles. The molecule has 1 amide bonds. The predicted molar refractivity (Wildman–Crippen MR) is 118 cm³/mol. The summed E-state index contributed by atoms with van der Waals surface area (Å²) in [6.45, 7) is 1.76. The lowest BCUT2D eigenvalue weighted by Gasteiger charge is -2.30. The fourth-order valence-electron chi connectivity index (χ4n) is 3.90. The fraction of sp³-hybridized carbons (Fsp3) is 0.130. The summed E-state index contributed by atoms with van der Waals surface area (Å²) >= 11 is 1.81. The van der Waals surface area contributed by atoms with E-state index in [-0.39, 0.29) is 11.5 Å². The molecule has 2 aromatic heterocycles. The van der Waals surface area contributed by atoms with E-state index in [2.05, 4.69) is 26.6 Å². The summed E-state index contributed by atoms with van der Waals surface area (Å²) in [5.41, 5.74) is 3.39. The summed E-state index contributed by atoms with van der Waals surface area (Å²) in [4.78, 5) is 31.6. The standard InChI is InChI=1S/C23H19N3O2S/c27-22-17-6-2-1-5-16(17)18(13-24-22)23(28)25-19-7-3-4-8-20(19)26-11-9-21-15(14-26)10-12-29-21/h1-8,10,12-13H,9,11,14H2,(H,24,27)(H,25,28). The van der Waals surface area contributed by atoms with Gasteiger partial charge in [-0.25, -0.2) is 0 Å². The first kappa shape index (κ1) is 17.7. The van der Waals surface area contributed by atoms with E-state index in [9.17, 15) is 9.59 Å². The van der Waals surface area contributed by atoms with Gasteiger partial charge in [-0.2, -0.15) is 0 Å². The molecule has 4 aromatic rings. The minimum absolute atomic E-state index is 0.197. The Labute approximate surface area is 171 Å². The van der Waals surface area contributed by atoms with Gasteiger partial charge in [0.1, 0.15) is 0 Å². The van der Waals surface area contributed by atoms with Crippen molar-refractivity contribution in [1.29, 1.82) is 0 Å². The molecule has 2 N–H and O–H groups in total. The normalized spacial score (nSPS) is 13.3. The van der Waals surface area contributed by atoms with Crippen LogP contribution in [0.3, 0.4) is 0 Å². The number of para-hydroxylation sites is 2. The van der Waals surface area contributed by atoms with E-state index in [0.29, 0.717) is 16.3 Å². The van der Waals surface area contributed by atoms with E-state index in [0.717, 1.165) is 30.9 Å². The van der Waals surface area contributed by atoms with Crippen molar-refractivity contribution < 1.29 is 4.79 Å². The molecule has 6 heteroatoms. The van der Waals surface area contributed by atoms with Crippen molar-refractivity contribution in [2.75, 3.05) is 16.8 Å². The number of thiophene rings is 1. The molecular weight excluding hydrogens is 382 g/mol. The topological polar surface area (TPSA) is 65.2 Å². The first-order chi connectivity index (χ1) is 14.2. The number of nitrogens with zero attached hydrogens (tertiary/aromatic N) is 1. The fourth-order valence-corrected chi connectivity index (χ4v) is 4.79. The molecule has 1 aliphatic rings. The van der Waals surface area contributed by atoms with Crippen molar-refractivity contribution in [2.24, 2.45) is 0 Å². The van der Waals surface area contributed by atoms with Gasteiger partial charge < -0.3 is 15.2 Å². The van der Waals surface area contributed by atoms with Crippen molar-refractivity contribution in [3.8, 4) is 0 Å². The number of rotatable bonds is 3. The van der Waals surface area contributed by atoms with Crippen molar-refractivity contribution in [3.63, 3.8) is 0 Å². The molecule has 0 unspecified atom stereocenters. The number of fused-ring (bicyclic) bond motifs is 2. The largest absolute Gasteiger partial charge is 0.365 e. The van der Waals surface area contributed by atoms with E-state index in [4.69, 9.17) is 0 Å². The second kappa shape index (κ2) is 7.22. The van der Waals surface area contributed by atoms with Crippen LogP contribution in [-0.4, -0.2) is 17.4 Å². The minimum atomic E-state index is -0.238. The average Bonchev–Trinajstić information content (AvgIpc) is 3.22. The van der Waals surface area contributed by atoms with Crippen molar-refractivity contribution in [3.05, 3.63) is 92.5 Å². The van der Waals surface area contributed by atoms with Crippen molar-refractivity contribution >= 4 is 39.4 Å². The van der Waals surface area contributed by atoms with Crippen molar-refractivity contribution in [1.82, 2.24) is 4.98 Å². The smallest absolute Gasteiger partial charge is 0.257 e. The molecule has 0 radical (unpaired) electrons. The number of carbonyl (C=O) groups is 1. The van der Waals surface area contributed by atoms with E-state index in [1.54, 1.807) is 18.2 Å². The Morgan fingerprint density at radius 1 is 1.03 bits per heavy atom. The summed E-state index contributed by atoms with van der Waals surface area (Å²) in [6.07, 6.45) is 2.50. The molecule has 29 heavy (non-hydrogen) atoms. The molecule has 0 fully saturated rings. The zero-order chi connectivity index (χ0) is 19.8. The quantitative estimate of drug-likeness (QED) is 0.535. The SMILES string of the molecule is O=C(Nc1ccccc1N1CCc2sccc2C1)c1c[nH]c(=O)c2ccccc12. The highest BCUT2D eigenvalue weighted by molar-refractivity contribution is 7.10. The van der Waals surface area contributed by atoms with E-state index in [1.807, 2.05) is 41.7 Å². The third kappa shape index (κ3) is 3.21. The van der Waals surface area contributed by atoms with E-state index in [1.165, 1.54) is 16.6 Å². The Kier molecular flexibility index (Phi) is 4.41. The highest BCUT2D eigenvalue weighted by Crippen LogP contribution is 2.32. The molecule has 1 aliphatic heterocycles. The maximum atomic E-state index is 13.1. The summed E-state index contributed by atoms with van der Waals surface area (Å²) in [5, 5.41) is 6.35. The maximum Gasteiger partial charge on any atom is 0.257 e. The summed E-state index contributed by atoms with van der Waals surface area (Å²) in [6, 6.07) is 17.2. The molecule has 5 rings (SSSR count). The molecular formula is C23H19N3O2S. The number of benzene rings is 2. The summed E-state index contributed by atoms with van der Waals surface area (Å²) < 4.78 is 0. The number of aromatic nitrogens is 1. The molecule has 5 nitrogen and oxygen atoms in total. The second-order valence-corrected chi connectivity index (χ2v) is 8.09. The van der Waals surface area contributed by atoms with Crippen LogP contribution in [0, 0.1) is 0 Å². The van der Waals surface area contributed by atoms with E-state index >= 15 is 0 Å². The van der Waals surface area contributed by atoms with Crippen LogP contribution in [0.1, 0.15) is 20.8 Å². The van der Waals surface area contributed by atoms with Crippen LogP contribution in [0.2, 0.25) is 0 Å². The highest BCUT2D eigenvalue weighted by atomic mass is 32.1. The number of pyridine rings is 1.